The molecule has 1 atom stereocenters. The first-order valence-electron chi connectivity index (χ1n) is 14.7. The van der Waals surface area contributed by atoms with Gasteiger partial charge in [-0.25, -0.2) is 28.1 Å². The van der Waals surface area contributed by atoms with E-state index in [0.29, 0.717) is 17.9 Å². The molecule has 2 aromatic heterocycles. The van der Waals surface area contributed by atoms with Crippen LogP contribution in [-0.2, 0) is 16.6 Å². The average Bonchev–Trinajstić information content (AvgIpc) is 2.97. The monoisotopic (exact) mass is 626 g/mol. The highest BCUT2D eigenvalue weighted by Crippen LogP contribution is 2.31. The molecule has 0 aliphatic carbocycles. The number of aromatic nitrogens is 4. The zero-order chi connectivity index (χ0) is 32.5. The van der Waals surface area contributed by atoms with E-state index in [1.807, 2.05) is 39.0 Å². The van der Waals surface area contributed by atoms with Crippen molar-refractivity contribution in [2.75, 3.05) is 11.3 Å². The third-order valence-corrected chi connectivity index (χ3v) is 8.87. The maximum Gasteiger partial charge on any atom is 0.264 e. The lowest BCUT2D eigenvalue weighted by Gasteiger charge is -2.35. The van der Waals surface area contributed by atoms with Gasteiger partial charge in [0.15, 0.2) is 0 Å². The third kappa shape index (κ3) is 7.37. The fourth-order valence-electron chi connectivity index (χ4n) is 5.36. The number of allylic oxidation sites excluding steroid dienone is 1. The summed E-state index contributed by atoms with van der Waals surface area (Å²) in [6.07, 6.45) is 3.93. The van der Waals surface area contributed by atoms with Crippen LogP contribution in [0, 0.1) is 19.3 Å². The Hall–Kier alpha value is -4.64. The highest BCUT2D eigenvalue weighted by atomic mass is 32.2. The van der Waals surface area contributed by atoms with Crippen molar-refractivity contribution in [2.24, 2.45) is 5.41 Å². The van der Waals surface area contributed by atoms with Crippen molar-refractivity contribution in [1.29, 1.82) is 0 Å². The molecular formula is C34H38N6O4S. The minimum atomic E-state index is -4.17. The maximum atomic E-state index is 14.3. The minimum Gasteiger partial charge on any atom is -0.475 e. The Morgan fingerprint density at radius 3 is 2.36 bits per heavy atom. The number of fused-ring (bicyclic) bond motifs is 4. The first-order chi connectivity index (χ1) is 21.2. The predicted molar refractivity (Wildman–Crippen MR) is 174 cm³/mol. The first kappa shape index (κ1) is 31.8. The molecule has 4 aromatic rings. The Morgan fingerprint density at radius 2 is 1.71 bits per heavy atom. The van der Waals surface area contributed by atoms with Crippen molar-refractivity contribution in [3.05, 3.63) is 95.6 Å². The molecule has 0 saturated carbocycles. The summed E-state index contributed by atoms with van der Waals surface area (Å²) in [6.45, 7) is 16.2. The van der Waals surface area contributed by atoms with Gasteiger partial charge in [-0.2, -0.15) is 4.98 Å². The molecule has 234 valence electrons. The summed E-state index contributed by atoms with van der Waals surface area (Å²) < 4.78 is 36.0. The standard InChI is InChI=1S/C34H38N6O4S/c1-21(2)25-17-35-29(36-18-25)19-40-26(16-34(5,6)7)20-44-30-15-28(31-22(3)10-8-11-23(31)4)37-33(38-30)39-45(42,43)27-13-9-12-24(14-27)32(40)41/h8-15,17-18,26H,1,16,19-20H2,2-7H3,(H,37,38,39)/t26-/m1/s1. The third-order valence-electron chi connectivity index (χ3n) is 7.54. The number of rotatable bonds is 5. The summed E-state index contributed by atoms with van der Waals surface area (Å²) in [6, 6.07) is 13.1. The molecule has 1 N–H and O–H groups in total. The molecule has 1 amide bonds. The molecule has 1 aliphatic heterocycles. The van der Waals surface area contributed by atoms with Gasteiger partial charge in [0, 0.05) is 35.2 Å². The SMILES string of the molecule is C=C(C)c1cnc(CN2C(=O)c3cccc(c3)S(=O)(=O)Nc3nc(cc(-c4c(C)cccc4C)n3)OC[C@H]2CC(C)(C)C)nc1. The highest BCUT2D eigenvalue weighted by molar-refractivity contribution is 7.92. The van der Waals surface area contributed by atoms with Gasteiger partial charge in [-0.3, -0.25) is 4.79 Å². The predicted octanol–water partition coefficient (Wildman–Crippen LogP) is 6.22. The molecule has 0 unspecified atom stereocenters. The second-order valence-corrected chi connectivity index (χ2v) is 14.3. The number of aryl methyl sites for hydroxylation is 2. The number of hydrogen-bond acceptors (Lipinski definition) is 8. The van der Waals surface area contributed by atoms with Gasteiger partial charge in [0.05, 0.1) is 23.2 Å². The molecule has 0 fully saturated rings. The summed E-state index contributed by atoms with van der Waals surface area (Å²) >= 11 is 0. The molecule has 5 rings (SSSR count). The molecule has 10 nitrogen and oxygen atoms in total. The van der Waals surface area contributed by atoms with Gasteiger partial charge >= 0.3 is 0 Å². The van der Waals surface area contributed by atoms with Crippen molar-refractivity contribution in [3.63, 3.8) is 0 Å². The molecule has 1 aliphatic rings. The average molecular weight is 627 g/mol. The Kier molecular flexibility index (Phi) is 8.75. The lowest BCUT2D eigenvalue weighted by atomic mass is 9.87. The van der Waals surface area contributed by atoms with Gasteiger partial charge < -0.3 is 9.64 Å². The quantitative estimate of drug-likeness (QED) is 0.277. The van der Waals surface area contributed by atoms with Crippen LogP contribution < -0.4 is 9.46 Å². The zero-order valence-corrected chi connectivity index (χ0v) is 27.3. The number of anilines is 1. The van der Waals surface area contributed by atoms with Crippen LogP contribution in [0.1, 0.15) is 67.0 Å². The Bertz CT molecular complexity index is 1850. The molecular weight excluding hydrogens is 588 g/mol. The molecule has 11 heteroatoms. The summed E-state index contributed by atoms with van der Waals surface area (Å²) in [7, 11) is -4.17. The van der Waals surface area contributed by atoms with E-state index in [2.05, 4.69) is 52.0 Å². The van der Waals surface area contributed by atoms with Crippen molar-refractivity contribution in [3.8, 4) is 17.1 Å². The van der Waals surface area contributed by atoms with Crippen LogP contribution >= 0.6 is 0 Å². The number of carbonyl (C=O) groups is 1. The van der Waals surface area contributed by atoms with E-state index in [1.165, 1.54) is 12.1 Å². The molecule has 0 saturated heterocycles. The smallest absolute Gasteiger partial charge is 0.264 e. The van der Waals surface area contributed by atoms with E-state index in [0.717, 1.165) is 27.8 Å². The Labute approximate surface area is 264 Å². The van der Waals surface area contributed by atoms with Crippen LogP contribution in [0.2, 0.25) is 0 Å². The number of amides is 1. The van der Waals surface area contributed by atoms with Gasteiger partial charge in [-0.15, -0.1) is 0 Å². The van der Waals surface area contributed by atoms with Crippen LogP contribution in [-0.4, -0.2) is 51.8 Å². The van der Waals surface area contributed by atoms with E-state index in [9.17, 15) is 13.2 Å². The summed E-state index contributed by atoms with van der Waals surface area (Å²) in [5, 5.41) is 0. The number of ether oxygens (including phenoxy) is 1. The topological polar surface area (TPSA) is 127 Å². The van der Waals surface area contributed by atoms with Crippen molar-refractivity contribution < 1.29 is 17.9 Å². The van der Waals surface area contributed by atoms with Gasteiger partial charge in [-0.1, -0.05) is 51.6 Å². The fourth-order valence-corrected chi connectivity index (χ4v) is 6.35. The Balaban J connectivity index is 1.66. The maximum absolute atomic E-state index is 14.3. The number of benzene rings is 2. The van der Waals surface area contributed by atoms with Gasteiger partial charge in [-0.05, 0) is 67.5 Å². The molecule has 0 radical (unpaired) electrons. The van der Waals surface area contributed by atoms with Crippen molar-refractivity contribution >= 4 is 27.5 Å². The lowest BCUT2D eigenvalue weighted by Crippen LogP contribution is -2.45. The number of hydrogen-bond donors (Lipinski definition) is 1. The number of nitrogens with one attached hydrogen (secondary N) is 1. The van der Waals surface area contributed by atoms with Crippen LogP contribution in [0.15, 0.2) is 72.4 Å². The summed E-state index contributed by atoms with van der Waals surface area (Å²) in [4.78, 5) is 33.9. The van der Waals surface area contributed by atoms with Gasteiger partial charge in [0.1, 0.15) is 12.4 Å². The van der Waals surface area contributed by atoms with Crippen LogP contribution in [0.5, 0.6) is 5.88 Å². The van der Waals surface area contributed by atoms with E-state index in [-0.39, 0.29) is 46.8 Å². The first-order valence-corrected chi connectivity index (χ1v) is 16.2. The molecule has 3 heterocycles. The lowest BCUT2D eigenvalue weighted by molar-refractivity contribution is 0.0505. The van der Waals surface area contributed by atoms with Crippen LogP contribution in [0.3, 0.4) is 0 Å². The van der Waals surface area contributed by atoms with E-state index >= 15 is 0 Å². The zero-order valence-electron chi connectivity index (χ0n) is 26.5. The van der Waals surface area contributed by atoms with Crippen LogP contribution in [0.25, 0.3) is 16.8 Å². The second-order valence-electron chi connectivity index (χ2n) is 12.6. The minimum absolute atomic E-state index is 0.0807. The second kappa shape index (κ2) is 12.4. The molecule has 45 heavy (non-hydrogen) atoms. The van der Waals surface area contributed by atoms with Crippen molar-refractivity contribution in [2.45, 2.75) is 65.4 Å². The normalized spacial score (nSPS) is 16.4. The number of nitrogens with zero attached hydrogens (tertiary/aromatic N) is 5. The summed E-state index contributed by atoms with van der Waals surface area (Å²) in [5.41, 5.74) is 4.96. The number of sulfonamides is 1. The van der Waals surface area contributed by atoms with E-state index in [4.69, 9.17) is 4.74 Å². The highest BCUT2D eigenvalue weighted by Gasteiger charge is 2.32. The van der Waals surface area contributed by atoms with E-state index in [1.54, 1.807) is 35.5 Å². The largest absolute Gasteiger partial charge is 0.475 e. The number of carbonyl (C=O) groups excluding carboxylic acids is 1. The molecule has 2 aromatic carbocycles. The Morgan fingerprint density at radius 1 is 1.04 bits per heavy atom. The van der Waals surface area contributed by atoms with Gasteiger partial charge in [0.25, 0.3) is 15.9 Å². The van der Waals surface area contributed by atoms with E-state index < -0.39 is 16.1 Å². The van der Waals surface area contributed by atoms with Crippen LogP contribution in [0.4, 0.5) is 5.95 Å². The molecule has 0 spiro atoms. The fraction of sp³-hybridized carbons (Fsp3) is 0.324. The molecule has 4 bridgehead atoms. The van der Waals surface area contributed by atoms with Gasteiger partial charge in [0.2, 0.25) is 11.8 Å². The summed E-state index contributed by atoms with van der Waals surface area (Å²) in [5.74, 6) is 0.116. The van der Waals surface area contributed by atoms with Crippen molar-refractivity contribution in [1.82, 2.24) is 24.8 Å².